The highest BCUT2D eigenvalue weighted by molar-refractivity contribution is 5.55. The molecule has 1 aromatic heterocycles. The second-order valence-electron chi connectivity index (χ2n) is 7.59. The molecule has 6 nitrogen and oxygen atoms in total. The van der Waals surface area contributed by atoms with E-state index >= 15 is 0 Å². The molecule has 0 spiro atoms. The Bertz CT molecular complexity index is 1290. The zero-order valence-electron chi connectivity index (χ0n) is 17.8. The van der Waals surface area contributed by atoms with Crippen LogP contribution >= 0.6 is 0 Å². The molecule has 7 heteroatoms. The summed E-state index contributed by atoms with van der Waals surface area (Å²) in [4.78, 5) is 13.6. The molecule has 1 aliphatic heterocycles. The smallest absolute Gasteiger partial charge is 0.258 e. The molecule has 0 aliphatic carbocycles. The zero-order valence-corrected chi connectivity index (χ0v) is 17.8. The van der Waals surface area contributed by atoms with Crippen LogP contribution in [0, 0.1) is 24.1 Å². The van der Waals surface area contributed by atoms with Crippen molar-refractivity contribution in [3.05, 3.63) is 105 Å². The van der Waals surface area contributed by atoms with Gasteiger partial charge in [-0.2, -0.15) is 5.26 Å². The highest BCUT2D eigenvalue weighted by Gasteiger charge is 2.34. The van der Waals surface area contributed by atoms with Crippen LogP contribution in [0.4, 0.5) is 4.39 Å². The Labute approximate surface area is 184 Å². The third-order valence-corrected chi connectivity index (χ3v) is 5.68. The average molecular weight is 431 g/mol. The molecule has 2 aromatic carbocycles. The number of nitrogens with zero attached hydrogens (tertiary/aromatic N) is 2. The van der Waals surface area contributed by atoms with Gasteiger partial charge in [-0.3, -0.25) is 4.79 Å². The van der Waals surface area contributed by atoms with E-state index in [-0.39, 0.29) is 17.0 Å². The Morgan fingerprint density at radius 2 is 1.88 bits per heavy atom. The molecule has 162 valence electrons. The first-order valence-corrected chi connectivity index (χ1v) is 10.1. The molecule has 0 bridgehead atoms. The predicted octanol–water partition coefficient (Wildman–Crippen LogP) is 3.77. The number of aryl methyl sites for hydroxylation is 2. The van der Waals surface area contributed by atoms with E-state index in [1.807, 2.05) is 31.2 Å². The van der Waals surface area contributed by atoms with Gasteiger partial charge in [0.2, 0.25) is 5.88 Å². The van der Waals surface area contributed by atoms with Crippen molar-refractivity contribution in [3.63, 3.8) is 0 Å². The SMILES string of the molecule is COc1ccc(CCn2c(C)cc3c(c2=O)[C@@H](c2ccc(F)cc2)C(C#N)=C(N)O3)cc1. The van der Waals surface area contributed by atoms with Crippen LogP contribution in [0.15, 0.2) is 70.8 Å². The van der Waals surface area contributed by atoms with E-state index in [4.69, 9.17) is 15.2 Å². The molecule has 32 heavy (non-hydrogen) atoms. The molecule has 0 fully saturated rings. The minimum Gasteiger partial charge on any atom is -0.497 e. The second kappa shape index (κ2) is 8.60. The lowest BCUT2D eigenvalue weighted by molar-refractivity contribution is 0.388. The maximum absolute atomic E-state index is 13.6. The Kier molecular flexibility index (Phi) is 5.69. The fourth-order valence-corrected chi connectivity index (χ4v) is 3.99. The highest BCUT2D eigenvalue weighted by Crippen LogP contribution is 2.40. The normalized spacial score (nSPS) is 15.0. The van der Waals surface area contributed by atoms with E-state index < -0.39 is 11.7 Å². The Balaban J connectivity index is 1.77. The lowest BCUT2D eigenvalue weighted by Gasteiger charge is -2.27. The van der Waals surface area contributed by atoms with E-state index in [0.29, 0.717) is 35.5 Å². The molecular weight excluding hydrogens is 409 g/mol. The van der Waals surface area contributed by atoms with Crippen LogP contribution in [0.3, 0.4) is 0 Å². The van der Waals surface area contributed by atoms with E-state index in [1.54, 1.807) is 29.9 Å². The standard InChI is InChI=1S/C25H22FN3O3/c1-15-13-21-23(25(30)29(15)12-11-16-3-9-19(31-2)10-4-16)22(20(14-27)24(28)32-21)17-5-7-18(26)8-6-17/h3-10,13,22H,11-12,28H2,1-2H3/t22-/m0/s1. The van der Waals surface area contributed by atoms with Gasteiger partial charge < -0.3 is 19.8 Å². The van der Waals surface area contributed by atoms with Crippen LogP contribution in [-0.2, 0) is 13.0 Å². The number of ether oxygens (including phenoxy) is 2. The van der Waals surface area contributed by atoms with Crippen molar-refractivity contribution in [1.29, 1.82) is 5.26 Å². The molecular formula is C25H22FN3O3. The van der Waals surface area contributed by atoms with Crippen LogP contribution in [0.1, 0.15) is 28.3 Å². The lowest BCUT2D eigenvalue weighted by atomic mass is 9.84. The monoisotopic (exact) mass is 431 g/mol. The summed E-state index contributed by atoms with van der Waals surface area (Å²) < 4.78 is 26.0. The third-order valence-electron chi connectivity index (χ3n) is 5.68. The number of benzene rings is 2. The molecule has 0 saturated heterocycles. The summed E-state index contributed by atoms with van der Waals surface area (Å²) in [5.41, 5.74) is 8.56. The molecule has 3 aromatic rings. The fourth-order valence-electron chi connectivity index (χ4n) is 3.99. The Morgan fingerprint density at radius 1 is 1.19 bits per heavy atom. The molecule has 1 aliphatic rings. The fraction of sp³-hybridized carbons (Fsp3) is 0.200. The number of hydrogen-bond acceptors (Lipinski definition) is 5. The first-order valence-electron chi connectivity index (χ1n) is 10.1. The molecule has 0 unspecified atom stereocenters. The quantitative estimate of drug-likeness (QED) is 0.664. The number of aromatic nitrogens is 1. The minimum atomic E-state index is -0.732. The summed E-state index contributed by atoms with van der Waals surface area (Å²) in [6.07, 6.45) is 0.634. The number of allylic oxidation sites excluding steroid dienone is 1. The molecule has 4 rings (SSSR count). The van der Waals surface area contributed by atoms with E-state index in [2.05, 4.69) is 6.07 Å². The van der Waals surface area contributed by atoms with Gasteiger partial charge in [0.25, 0.3) is 5.56 Å². The maximum atomic E-state index is 13.6. The van der Waals surface area contributed by atoms with Gasteiger partial charge in [0.1, 0.15) is 29.0 Å². The number of rotatable bonds is 5. The molecule has 0 amide bonds. The predicted molar refractivity (Wildman–Crippen MR) is 118 cm³/mol. The first-order chi connectivity index (χ1) is 15.4. The van der Waals surface area contributed by atoms with Crippen molar-refractivity contribution < 1.29 is 13.9 Å². The van der Waals surface area contributed by atoms with Crippen LogP contribution < -0.4 is 20.8 Å². The van der Waals surface area contributed by atoms with Crippen LogP contribution in [0.25, 0.3) is 0 Å². The summed E-state index contributed by atoms with van der Waals surface area (Å²) in [5.74, 6) is -0.103. The van der Waals surface area contributed by atoms with Gasteiger partial charge in [0.05, 0.1) is 18.6 Å². The molecule has 1 atom stereocenters. The summed E-state index contributed by atoms with van der Waals surface area (Å²) in [7, 11) is 1.61. The number of fused-ring (bicyclic) bond motifs is 1. The molecule has 0 radical (unpaired) electrons. The van der Waals surface area contributed by atoms with Crippen molar-refractivity contribution in [2.24, 2.45) is 5.73 Å². The maximum Gasteiger partial charge on any atom is 0.258 e. The lowest BCUT2D eigenvalue weighted by Crippen LogP contribution is -2.33. The number of halogens is 1. The van der Waals surface area contributed by atoms with E-state index in [0.717, 1.165) is 11.3 Å². The van der Waals surface area contributed by atoms with Gasteiger partial charge in [-0.15, -0.1) is 0 Å². The number of nitrogens with two attached hydrogens (primary N) is 1. The van der Waals surface area contributed by atoms with Gasteiger partial charge in [0.15, 0.2) is 0 Å². The third kappa shape index (κ3) is 3.83. The van der Waals surface area contributed by atoms with E-state index in [9.17, 15) is 14.4 Å². The van der Waals surface area contributed by atoms with Gasteiger partial charge in [-0.25, -0.2) is 4.39 Å². The zero-order chi connectivity index (χ0) is 22.8. The van der Waals surface area contributed by atoms with Crippen molar-refractivity contribution in [2.75, 3.05) is 7.11 Å². The second-order valence-corrected chi connectivity index (χ2v) is 7.59. The Hall–Kier alpha value is -4.05. The van der Waals surface area contributed by atoms with Crippen LogP contribution in [0.5, 0.6) is 11.5 Å². The topological polar surface area (TPSA) is 90.3 Å². The van der Waals surface area contributed by atoms with Crippen molar-refractivity contribution in [1.82, 2.24) is 4.57 Å². The van der Waals surface area contributed by atoms with E-state index in [1.165, 1.54) is 12.1 Å². The van der Waals surface area contributed by atoms with Gasteiger partial charge in [-0.1, -0.05) is 24.3 Å². The van der Waals surface area contributed by atoms with Gasteiger partial charge >= 0.3 is 0 Å². The molecule has 2 heterocycles. The highest BCUT2D eigenvalue weighted by atomic mass is 19.1. The van der Waals surface area contributed by atoms with Crippen LogP contribution in [0.2, 0.25) is 0 Å². The number of hydrogen-bond donors (Lipinski definition) is 1. The summed E-state index contributed by atoms with van der Waals surface area (Å²) in [6, 6.07) is 17.2. The minimum absolute atomic E-state index is 0.0518. The van der Waals surface area contributed by atoms with Crippen LogP contribution in [-0.4, -0.2) is 11.7 Å². The first kappa shape index (κ1) is 21.2. The number of methoxy groups -OCH3 is 1. The van der Waals surface area contributed by atoms with Gasteiger partial charge in [-0.05, 0) is 48.7 Å². The van der Waals surface area contributed by atoms with Crippen molar-refractivity contribution >= 4 is 0 Å². The summed E-state index contributed by atoms with van der Waals surface area (Å²) in [6.45, 7) is 2.27. The Morgan fingerprint density at radius 3 is 2.50 bits per heavy atom. The van der Waals surface area contributed by atoms with Crippen molar-refractivity contribution in [3.8, 4) is 17.6 Å². The summed E-state index contributed by atoms with van der Waals surface area (Å²) in [5, 5.41) is 9.72. The molecule has 0 saturated carbocycles. The van der Waals surface area contributed by atoms with Crippen molar-refractivity contribution in [2.45, 2.75) is 25.8 Å². The number of nitriles is 1. The van der Waals surface area contributed by atoms with Gasteiger partial charge in [0, 0.05) is 18.3 Å². The number of pyridine rings is 1. The molecule has 2 N–H and O–H groups in total. The summed E-state index contributed by atoms with van der Waals surface area (Å²) >= 11 is 0. The average Bonchev–Trinajstić information content (AvgIpc) is 2.79. The largest absolute Gasteiger partial charge is 0.497 e.